The van der Waals surface area contributed by atoms with Crippen molar-refractivity contribution in [2.75, 3.05) is 11.9 Å². The van der Waals surface area contributed by atoms with Gasteiger partial charge in [-0.1, -0.05) is 11.5 Å². The van der Waals surface area contributed by atoms with E-state index in [1.807, 2.05) is 0 Å². The zero-order chi connectivity index (χ0) is 16.4. The summed E-state index contributed by atoms with van der Waals surface area (Å²) in [5.41, 5.74) is 1.86. The first kappa shape index (κ1) is 15.1. The van der Waals surface area contributed by atoms with Crippen molar-refractivity contribution in [3.63, 3.8) is 0 Å². The highest BCUT2D eigenvalue weighted by atomic mass is 19.1. The number of carbonyl (C=O) groups excluding carboxylic acids is 1. The third-order valence-electron chi connectivity index (χ3n) is 3.33. The fourth-order valence-corrected chi connectivity index (χ4v) is 2.26. The first-order chi connectivity index (χ1) is 11.1. The standard InChI is InChI=1S/C16H14BFN2O3/c1-2-22-16(21)15-14(10-8-19-6-5-13(10)23-15)20-12-4-3-9(17)7-11(12)18/h3-8,20H,2,17H2,1H3. The van der Waals surface area contributed by atoms with Crippen LogP contribution in [-0.2, 0) is 4.74 Å². The molecule has 3 aromatic rings. The maximum absolute atomic E-state index is 14.1. The molecule has 0 spiro atoms. The summed E-state index contributed by atoms with van der Waals surface area (Å²) in [5, 5.41) is 3.50. The average molecular weight is 312 g/mol. The highest BCUT2D eigenvalue weighted by Gasteiger charge is 2.22. The SMILES string of the molecule is Bc1ccc(Nc2c(C(=O)OCC)oc3ccncc23)c(F)c1. The molecule has 0 fully saturated rings. The van der Waals surface area contributed by atoms with Crippen LogP contribution in [0.5, 0.6) is 0 Å². The van der Waals surface area contributed by atoms with Crippen LogP contribution in [0.2, 0.25) is 0 Å². The van der Waals surface area contributed by atoms with Gasteiger partial charge in [-0.3, -0.25) is 4.98 Å². The number of nitrogens with one attached hydrogen (secondary N) is 1. The summed E-state index contributed by atoms with van der Waals surface area (Å²) in [6.45, 7) is 1.92. The second-order valence-corrected chi connectivity index (χ2v) is 5.01. The Morgan fingerprint density at radius 1 is 1.43 bits per heavy atom. The summed E-state index contributed by atoms with van der Waals surface area (Å²) < 4.78 is 24.6. The van der Waals surface area contributed by atoms with E-state index in [-0.39, 0.29) is 18.1 Å². The molecule has 1 N–H and O–H groups in total. The van der Waals surface area contributed by atoms with E-state index in [2.05, 4.69) is 10.3 Å². The second-order valence-electron chi connectivity index (χ2n) is 5.01. The lowest BCUT2D eigenvalue weighted by Gasteiger charge is -2.08. The lowest BCUT2D eigenvalue weighted by molar-refractivity contribution is 0.0494. The highest BCUT2D eigenvalue weighted by molar-refractivity contribution is 6.32. The summed E-state index contributed by atoms with van der Waals surface area (Å²) in [4.78, 5) is 16.1. The van der Waals surface area contributed by atoms with Crippen molar-refractivity contribution in [3.8, 4) is 0 Å². The van der Waals surface area contributed by atoms with E-state index in [1.165, 1.54) is 6.07 Å². The number of esters is 1. The van der Waals surface area contributed by atoms with E-state index in [9.17, 15) is 9.18 Å². The Balaban J connectivity index is 2.10. The Morgan fingerprint density at radius 3 is 3.00 bits per heavy atom. The van der Waals surface area contributed by atoms with Crippen LogP contribution in [0.4, 0.5) is 15.8 Å². The molecule has 0 aliphatic carbocycles. The van der Waals surface area contributed by atoms with E-state index < -0.39 is 11.8 Å². The molecule has 0 unspecified atom stereocenters. The molecule has 23 heavy (non-hydrogen) atoms. The minimum Gasteiger partial charge on any atom is -0.460 e. The van der Waals surface area contributed by atoms with Crippen molar-refractivity contribution in [2.45, 2.75) is 6.92 Å². The van der Waals surface area contributed by atoms with Crippen LogP contribution in [0.1, 0.15) is 17.5 Å². The van der Waals surface area contributed by atoms with Crippen LogP contribution in [0, 0.1) is 5.82 Å². The van der Waals surface area contributed by atoms with E-state index in [0.717, 1.165) is 5.46 Å². The van der Waals surface area contributed by atoms with Crippen molar-refractivity contribution in [1.29, 1.82) is 0 Å². The number of anilines is 2. The maximum Gasteiger partial charge on any atom is 0.376 e. The van der Waals surface area contributed by atoms with Gasteiger partial charge >= 0.3 is 5.97 Å². The number of nitrogens with zero attached hydrogens (tertiary/aromatic N) is 1. The predicted molar refractivity (Wildman–Crippen MR) is 87.8 cm³/mol. The van der Waals surface area contributed by atoms with Crippen LogP contribution in [0.3, 0.4) is 0 Å². The molecule has 0 aliphatic heterocycles. The zero-order valence-electron chi connectivity index (χ0n) is 12.7. The molecule has 2 aromatic heterocycles. The van der Waals surface area contributed by atoms with Crippen LogP contribution in [-0.4, -0.2) is 25.4 Å². The fourth-order valence-electron chi connectivity index (χ4n) is 2.26. The molecule has 2 heterocycles. The number of benzene rings is 1. The normalized spacial score (nSPS) is 10.7. The van der Waals surface area contributed by atoms with Crippen molar-refractivity contribution in [3.05, 3.63) is 48.2 Å². The molecule has 5 nitrogen and oxygen atoms in total. The van der Waals surface area contributed by atoms with Gasteiger partial charge in [0.05, 0.1) is 17.7 Å². The molecule has 0 bridgehead atoms. The number of rotatable bonds is 4. The second kappa shape index (κ2) is 6.12. The molecule has 0 saturated carbocycles. The van der Waals surface area contributed by atoms with Gasteiger partial charge in [-0.2, -0.15) is 0 Å². The Morgan fingerprint density at radius 2 is 2.26 bits per heavy atom. The van der Waals surface area contributed by atoms with Crippen LogP contribution < -0.4 is 10.8 Å². The topological polar surface area (TPSA) is 64.4 Å². The summed E-state index contributed by atoms with van der Waals surface area (Å²) in [7, 11) is 1.80. The molecule has 0 aliphatic rings. The quantitative estimate of drug-likeness (QED) is 0.591. The van der Waals surface area contributed by atoms with E-state index in [4.69, 9.17) is 9.15 Å². The van der Waals surface area contributed by atoms with Crippen molar-refractivity contribution >= 4 is 41.6 Å². The van der Waals surface area contributed by atoms with Crippen LogP contribution in [0.25, 0.3) is 11.0 Å². The number of furan rings is 1. The van der Waals surface area contributed by atoms with Gasteiger partial charge in [-0.25, -0.2) is 9.18 Å². The molecule has 0 atom stereocenters. The Bertz CT molecular complexity index is 879. The molecule has 1 aromatic carbocycles. The first-order valence-corrected chi connectivity index (χ1v) is 7.17. The fraction of sp³-hybridized carbons (Fsp3) is 0.125. The molecule has 3 rings (SSSR count). The van der Waals surface area contributed by atoms with E-state index in [1.54, 1.807) is 45.4 Å². The monoisotopic (exact) mass is 312 g/mol. The number of aromatic nitrogens is 1. The van der Waals surface area contributed by atoms with Crippen LogP contribution in [0.15, 0.2) is 41.1 Å². The van der Waals surface area contributed by atoms with Gasteiger partial charge in [0, 0.05) is 12.4 Å². The Kier molecular flexibility index (Phi) is 4.01. The molecular weight excluding hydrogens is 298 g/mol. The number of fused-ring (bicyclic) bond motifs is 1. The van der Waals surface area contributed by atoms with Crippen molar-refractivity contribution in [1.82, 2.24) is 4.98 Å². The minimum absolute atomic E-state index is 0.00479. The maximum atomic E-state index is 14.1. The van der Waals surface area contributed by atoms with Crippen molar-refractivity contribution in [2.24, 2.45) is 0 Å². The molecule has 116 valence electrons. The minimum atomic E-state index is -0.612. The van der Waals surface area contributed by atoms with Gasteiger partial charge in [0.15, 0.2) is 0 Å². The third-order valence-corrected chi connectivity index (χ3v) is 3.33. The number of halogens is 1. The first-order valence-electron chi connectivity index (χ1n) is 7.17. The number of ether oxygens (including phenoxy) is 1. The van der Waals surface area contributed by atoms with Gasteiger partial charge in [-0.05, 0) is 25.1 Å². The van der Waals surface area contributed by atoms with E-state index >= 15 is 0 Å². The number of pyridine rings is 1. The van der Waals surface area contributed by atoms with E-state index in [0.29, 0.717) is 16.7 Å². The lowest BCUT2D eigenvalue weighted by Crippen LogP contribution is -2.08. The summed E-state index contributed by atoms with van der Waals surface area (Å²) >= 11 is 0. The molecule has 0 radical (unpaired) electrons. The lowest BCUT2D eigenvalue weighted by atomic mass is 9.96. The zero-order valence-corrected chi connectivity index (χ0v) is 12.7. The van der Waals surface area contributed by atoms with Gasteiger partial charge < -0.3 is 14.5 Å². The summed E-state index contributed by atoms with van der Waals surface area (Å²) in [6.07, 6.45) is 3.10. The Hall–Kier alpha value is -2.83. The highest BCUT2D eigenvalue weighted by Crippen LogP contribution is 2.33. The van der Waals surface area contributed by atoms with Gasteiger partial charge in [0.2, 0.25) is 5.76 Å². The summed E-state index contributed by atoms with van der Waals surface area (Å²) in [5.74, 6) is -1.04. The molecule has 0 saturated heterocycles. The number of carbonyl (C=O) groups is 1. The smallest absolute Gasteiger partial charge is 0.376 e. The molecule has 7 heteroatoms. The number of hydrogen-bond acceptors (Lipinski definition) is 5. The predicted octanol–water partition coefficient (Wildman–Crippen LogP) is 2.15. The molecule has 0 amide bonds. The number of hydrogen-bond donors (Lipinski definition) is 1. The van der Waals surface area contributed by atoms with Gasteiger partial charge in [-0.15, -0.1) is 0 Å². The largest absolute Gasteiger partial charge is 0.460 e. The third kappa shape index (κ3) is 2.90. The van der Waals surface area contributed by atoms with Gasteiger partial charge in [0.1, 0.15) is 24.9 Å². The van der Waals surface area contributed by atoms with Crippen molar-refractivity contribution < 1.29 is 18.3 Å². The van der Waals surface area contributed by atoms with Gasteiger partial charge in [0.25, 0.3) is 0 Å². The average Bonchev–Trinajstić information content (AvgIpc) is 2.89. The Labute approximate surface area is 132 Å². The molecular formula is C16H14BFN2O3. The summed E-state index contributed by atoms with van der Waals surface area (Å²) in [6, 6.07) is 6.42. The van der Waals surface area contributed by atoms with Crippen LogP contribution >= 0.6 is 0 Å².